The highest BCUT2D eigenvalue weighted by atomic mass is 127. The van der Waals surface area contributed by atoms with E-state index in [1.165, 1.54) is 0 Å². The van der Waals surface area contributed by atoms with Gasteiger partial charge in [-0.15, -0.1) is 0 Å². The Bertz CT molecular complexity index is 254. The summed E-state index contributed by atoms with van der Waals surface area (Å²) < 4.78 is 5.71. The zero-order valence-electron chi connectivity index (χ0n) is 4.33. The van der Waals surface area contributed by atoms with Crippen LogP contribution in [-0.2, 0) is 0 Å². The normalized spacial score (nSPS) is 12.0. The summed E-state index contributed by atoms with van der Waals surface area (Å²) in [5.41, 5.74) is 0.721. The van der Waals surface area contributed by atoms with Crippen LogP contribution in [0.2, 0.25) is 0 Å². The van der Waals surface area contributed by atoms with Crippen molar-refractivity contribution in [2.45, 2.75) is 0 Å². The van der Waals surface area contributed by atoms with Gasteiger partial charge in [-0.05, 0) is 6.07 Å². The fraction of sp³-hybridized carbons (Fsp3) is 0. The molecular formula is C4H3I2N3. The van der Waals surface area contributed by atoms with Crippen LogP contribution < -0.4 is 5.62 Å². The number of halogens is 2. The van der Waals surface area contributed by atoms with E-state index >= 15 is 0 Å². The van der Waals surface area contributed by atoms with Gasteiger partial charge in [-0.2, -0.15) is 3.21 Å². The minimum Gasteiger partial charge on any atom is -0.258 e. The van der Waals surface area contributed by atoms with Crippen LogP contribution in [0.25, 0.3) is 0 Å². The second-order valence-corrected chi connectivity index (χ2v) is 2.84. The van der Waals surface area contributed by atoms with Crippen molar-refractivity contribution in [1.29, 1.82) is 0 Å². The molecule has 0 saturated heterocycles. The number of hydrogen-bond donors (Lipinski definition) is 0. The minimum absolute atomic E-state index is 0.721. The SMILES string of the molecule is IN=c1ncccn1I. The number of nitrogens with zero attached hydrogens (tertiary/aromatic N) is 3. The van der Waals surface area contributed by atoms with E-state index in [0.29, 0.717) is 0 Å². The summed E-state index contributed by atoms with van der Waals surface area (Å²) >= 11 is 4.03. The molecule has 0 atom stereocenters. The first kappa shape index (κ1) is 7.45. The van der Waals surface area contributed by atoms with Gasteiger partial charge >= 0.3 is 0 Å². The van der Waals surface area contributed by atoms with Gasteiger partial charge in [-0.25, -0.2) is 4.98 Å². The van der Waals surface area contributed by atoms with Crippen LogP contribution >= 0.6 is 45.7 Å². The third-order valence-electron chi connectivity index (χ3n) is 0.760. The Morgan fingerprint density at radius 2 is 2.44 bits per heavy atom. The summed E-state index contributed by atoms with van der Waals surface area (Å²) in [7, 11) is 0. The first-order chi connectivity index (χ1) is 4.34. The molecule has 0 fully saturated rings. The maximum absolute atomic E-state index is 3.98. The molecule has 9 heavy (non-hydrogen) atoms. The van der Waals surface area contributed by atoms with Gasteiger partial charge < -0.3 is 0 Å². The standard InChI is InChI=1S/C4H3I2N3/c5-8-4-7-2-1-3-9(4)6/h1-3H. The third-order valence-corrected chi connectivity index (χ3v) is 1.94. The molecule has 1 aromatic rings. The number of hydrogen-bond acceptors (Lipinski definition) is 2. The van der Waals surface area contributed by atoms with Crippen molar-refractivity contribution in [3.05, 3.63) is 24.1 Å². The summed E-state index contributed by atoms with van der Waals surface area (Å²) in [4.78, 5) is 3.98. The van der Waals surface area contributed by atoms with E-state index in [9.17, 15) is 0 Å². The summed E-state index contributed by atoms with van der Waals surface area (Å²) in [6.45, 7) is 0. The lowest BCUT2D eigenvalue weighted by molar-refractivity contribution is 1.02. The lowest BCUT2D eigenvalue weighted by Crippen LogP contribution is -2.14. The lowest BCUT2D eigenvalue weighted by Gasteiger charge is -1.89. The van der Waals surface area contributed by atoms with Crippen LogP contribution in [0, 0.1) is 0 Å². The van der Waals surface area contributed by atoms with Crippen molar-refractivity contribution >= 4 is 45.7 Å². The Labute approximate surface area is 80.2 Å². The van der Waals surface area contributed by atoms with Crippen molar-refractivity contribution in [3.63, 3.8) is 0 Å². The molecule has 0 N–H and O–H groups in total. The van der Waals surface area contributed by atoms with E-state index in [-0.39, 0.29) is 0 Å². The van der Waals surface area contributed by atoms with Gasteiger partial charge in [0, 0.05) is 12.4 Å². The van der Waals surface area contributed by atoms with E-state index < -0.39 is 0 Å². The van der Waals surface area contributed by atoms with E-state index in [1.54, 1.807) is 6.20 Å². The van der Waals surface area contributed by atoms with E-state index in [1.807, 2.05) is 37.9 Å². The van der Waals surface area contributed by atoms with Gasteiger partial charge in [0.1, 0.15) is 0 Å². The highest BCUT2D eigenvalue weighted by molar-refractivity contribution is 14.1. The Kier molecular flexibility index (Phi) is 2.89. The Hall–Kier alpha value is 0.340. The Morgan fingerprint density at radius 1 is 1.67 bits per heavy atom. The molecular weight excluding hydrogens is 344 g/mol. The molecule has 0 bridgehead atoms. The van der Waals surface area contributed by atoms with Crippen LogP contribution in [0.1, 0.15) is 0 Å². The molecule has 0 aliphatic carbocycles. The van der Waals surface area contributed by atoms with Gasteiger partial charge in [-0.3, -0.25) is 2.78 Å². The predicted octanol–water partition coefficient (Wildman–Crippen LogP) is 1.33. The molecule has 0 aliphatic rings. The van der Waals surface area contributed by atoms with Crippen LogP contribution in [0.4, 0.5) is 0 Å². The van der Waals surface area contributed by atoms with Gasteiger partial charge in [0.25, 0.3) is 0 Å². The number of rotatable bonds is 0. The molecule has 0 aromatic carbocycles. The monoisotopic (exact) mass is 347 g/mol. The Balaban J connectivity index is 3.33. The molecule has 5 heteroatoms. The molecule has 0 spiro atoms. The average Bonchev–Trinajstić information content (AvgIpc) is 1.89. The smallest absolute Gasteiger partial charge is 0.244 e. The maximum atomic E-state index is 3.98. The highest BCUT2D eigenvalue weighted by Crippen LogP contribution is 1.86. The van der Waals surface area contributed by atoms with E-state index in [0.717, 1.165) is 5.62 Å². The van der Waals surface area contributed by atoms with Crippen molar-refractivity contribution < 1.29 is 0 Å². The van der Waals surface area contributed by atoms with Gasteiger partial charge in [0.2, 0.25) is 5.62 Å². The van der Waals surface area contributed by atoms with Crippen molar-refractivity contribution in [2.24, 2.45) is 3.21 Å². The molecule has 0 aliphatic heterocycles. The number of aromatic nitrogens is 2. The van der Waals surface area contributed by atoms with Crippen molar-refractivity contribution in [2.75, 3.05) is 0 Å². The van der Waals surface area contributed by atoms with E-state index in [4.69, 9.17) is 0 Å². The van der Waals surface area contributed by atoms with Crippen molar-refractivity contribution in [1.82, 2.24) is 7.76 Å². The van der Waals surface area contributed by atoms with Gasteiger partial charge in [-0.1, -0.05) is 0 Å². The first-order valence-corrected chi connectivity index (χ1v) is 4.12. The zero-order valence-corrected chi connectivity index (χ0v) is 8.64. The van der Waals surface area contributed by atoms with Crippen molar-refractivity contribution in [3.8, 4) is 0 Å². The topological polar surface area (TPSA) is 30.2 Å². The molecule has 0 unspecified atom stereocenters. The summed E-state index contributed by atoms with van der Waals surface area (Å²) in [6, 6.07) is 1.86. The summed E-state index contributed by atoms with van der Waals surface area (Å²) in [6.07, 6.45) is 3.61. The highest BCUT2D eigenvalue weighted by Gasteiger charge is 1.82. The molecule has 48 valence electrons. The molecule has 1 rings (SSSR count). The summed E-state index contributed by atoms with van der Waals surface area (Å²) in [5.74, 6) is 0. The molecule has 1 heterocycles. The maximum Gasteiger partial charge on any atom is 0.244 e. The molecule has 0 amide bonds. The van der Waals surface area contributed by atoms with Crippen LogP contribution in [0.3, 0.4) is 0 Å². The Morgan fingerprint density at radius 3 is 2.89 bits per heavy atom. The average molecular weight is 347 g/mol. The summed E-state index contributed by atoms with van der Waals surface area (Å²) in [5, 5.41) is 0. The van der Waals surface area contributed by atoms with Crippen LogP contribution in [-0.4, -0.2) is 7.76 Å². The van der Waals surface area contributed by atoms with Crippen LogP contribution in [0.15, 0.2) is 21.7 Å². The fourth-order valence-electron chi connectivity index (χ4n) is 0.404. The van der Waals surface area contributed by atoms with Gasteiger partial charge in [0.05, 0.1) is 45.7 Å². The predicted molar refractivity (Wildman–Crippen MR) is 51.2 cm³/mol. The molecule has 1 aromatic heterocycles. The molecule has 0 saturated carbocycles. The van der Waals surface area contributed by atoms with Crippen LogP contribution in [0.5, 0.6) is 0 Å². The molecule has 3 nitrogen and oxygen atoms in total. The van der Waals surface area contributed by atoms with Gasteiger partial charge in [0.15, 0.2) is 0 Å². The van der Waals surface area contributed by atoms with E-state index in [2.05, 4.69) is 31.1 Å². The quantitative estimate of drug-likeness (QED) is 0.652. The first-order valence-electron chi connectivity index (χ1n) is 2.19. The second-order valence-electron chi connectivity index (χ2n) is 1.32. The largest absolute Gasteiger partial charge is 0.258 e. The zero-order chi connectivity index (χ0) is 6.69. The third kappa shape index (κ3) is 1.88. The fourth-order valence-corrected chi connectivity index (χ4v) is 1.59. The molecule has 0 radical (unpaired) electrons. The lowest BCUT2D eigenvalue weighted by atomic mass is 10.7. The minimum atomic E-state index is 0.721. The second kappa shape index (κ2) is 3.49.